The summed E-state index contributed by atoms with van der Waals surface area (Å²) in [6, 6.07) is 14.5. The van der Waals surface area contributed by atoms with E-state index in [4.69, 9.17) is 18.9 Å². The fourth-order valence-electron chi connectivity index (χ4n) is 4.11. The Morgan fingerprint density at radius 3 is 2.77 bits per heavy atom. The summed E-state index contributed by atoms with van der Waals surface area (Å²) in [6.45, 7) is 3.01. The van der Waals surface area contributed by atoms with Crippen LogP contribution in [0.25, 0.3) is 22.4 Å². The van der Waals surface area contributed by atoms with Gasteiger partial charge in [0.15, 0.2) is 5.16 Å². The van der Waals surface area contributed by atoms with Crippen molar-refractivity contribution in [3.05, 3.63) is 75.9 Å². The predicted octanol–water partition coefficient (Wildman–Crippen LogP) is 4.62. The van der Waals surface area contributed by atoms with Gasteiger partial charge in [-0.2, -0.15) is 0 Å². The molecule has 0 bridgehead atoms. The van der Waals surface area contributed by atoms with Crippen LogP contribution in [-0.4, -0.2) is 40.3 Å². The fraction of sp³-hybridized carbons (Fsp3) is 0.308. The zero-order chi connectivity index (χ0) is 24.4. The Labute approximate surface area is 206 Å². The van der Waals surface area contributed by atoms with Crippen LogP contribution in [-0.2, 0) is 21.8 Å². The van der Waals surface area contributed by atoms with E-state index < -0.39 is 5.97 Å². The number of aromatic nitrogens is 3. The molecule has 2 aromatic heterocycles. The van der Waals surface area contributed by atoms with Gasteiger partial charge in [0.25, 0.3) is 5.56 Å². The van der Waals surface area contributed by atoms with E-state index in [9.17, 15) is 9.59 Å². The van der Waals surface area contributed by atoms with E-state index in [2.05, 4.69) is 4.98 Å². The number of benzene rings is 2. The van der Waals surface area contributed by atoms with Gasteiger partial charge in [0, 0.05) is 17.9 Å². The molecular formula is C26H25N3O5S. The summed E-state index contributed by atoms with van der Waals surface area (Å²) in [6.07, 6.45) is 1.85. The van der Waals surface area contributed by atoms with E-state index in [1.54, 1.807) is 22.8 Å². The predicted molar refractivity (Wildman–Crippen MR) is 133 cm³/mol. The van der Waals surface area contributed by atoms with Crippen molar-refractivity contribution in [1.82, 2.24) is 14.5 Å². The molecule has 0 radical (unpaired) electrons. The number of carbonyl (C=O) groups is 1. The number of methoxy groups -OCH3 is 1. The molecule has 0 saturated carbocycles. The Morgan fingerprint density at radius 1 is 1.20 bits per heavy atom. The van der Waals surface area contributed by atoms with Crippen LogP contribution in [0.3, 0.4) is 0 Å². The van der Waals surface area contributed by atoms with Crippen molar-refractivity contribution in [2.45, 2.75) is 43.3 Å². The van der Waals surface area contributed by atoms with Crippen molar-refractivity contribution in [2.75, 3.05) is 13.7 Å². The number of thioether (sulfide) groups is 1. The Hall–Kier alpha value is -3.43. The lowest BCUT2D eigenvalue weighted by atomic mass is 10.1. The standard InChI is InChI=1S/C26H25N3O5S/c1-16-22(27-23(34-16)17-7-4-3-5-8-17)15-35-26-28-21-13-18(25(31)32-2)10-11-20(21)24(30)29(26)14-19-9-6-12-33-19/h3-5,7-8,10-11,13,19H,6,9,12,14-15H2,1-2H3/t19-/m1/s1. The molecular weight excluding hydrogens is 466 g/mol. The van der Waals surface area contributed by atoms with Crippen LogP contribution >= 0.6 is 11.8 Å². The van der Waals surface area contributed by atoms with Crippen LogP contribution in [0.15, 0.2) is 62.9 Å². The second-order valence-electron chi connectivity index (χ2n) is 8.35. The fourth-order valence-corrected chi connectivity index (χ4v) is 5.12. The lowest BCUT2D eigenvalue weighted by Crippen LogP contribution is -2.29. The Morgan fingerprint density at radius 2 is 2.03 bits per heavy atom. The molecule has 3 heterocycles. The average Bonchev–Trinajstić information content (AvgIpc) is 3.54. The summed E-state index contributed by atoms with van der Waals surface area (Å²) in [5.74, 6) is 1.28. The minimum Gasteiger partial charge on any atom is -0.465 e. The Kier molecular flexibility index (Phi) is 6.70. The number of ether oxygens (including phenoxy) is 2. The summed E-state index contributed by atoms with van der Waals surface area (Å²) in [5, 5.41) is 0.993. The van der Waals surface area contributed by atoms with Gasteiger partial charge in [-0.05, 0) is 50.1 Å². The van der Waals surface area contributed by atoms with Crippen molar-refractivity contribution >= 4 is 28.6 Å². The normalized spacial score (nSPS) is 15.5. The van der Waals surface area contributed by atoms with E-state index in [0.717, 1.165) is 29.9 Å². The van der Waals surface area contributed by atoms with Crippen molar-refractivity contribution in [3.63, 3.8) is 0 Å². The van der Waals surface area contributed by atoms with Crippen LogP contribution < -0.4 is 5.56 Å². The minimum atomic E-state index is -0.474. The maximum Gasteiger partial charge on any atom is 0.337 e. The van der Waals surface area contributed by atoms with Crippen molar-refractivity contribution in [2.24, 2.45) is 0 Å². The summed E-state index contributed by atoms with van der Waals surface area (Å²) in [5.41, 5.74) is 2.33. The molecule has 1 aliphatic rings. The molecule has 8 nitrogen and oxygen atoms in total. The first-order chi connectivity index (χ1) is 17.0. The topological polar surface area (TPSA) is 96.5 Å². The molecule has 0 unspecified atom stereocenters. The van der Waals surface area contributed by atoms with Gasteiger partial charge in [-0.15, -0.1) is 0 Å². The van der Waals surface area contributed by atoms with E-state index in [1.807, 2.05) is 37.3 Å². The lowest BCUT2D eigenvalue weighted by molar-refractivity contribution is 0.0601. The molecule has 5 rings (SSSR count). The highest BCUT2D eigenvalue weighted by atomic mass is 32.2. The van der Waals surface area contributed by atoms with E-state index >= 15 is 0 Å². The van der Waals surface area contributed by atoms with E-state index in [-0.39, 0.29) is 11.7 Å². The number of oxazole rings is 1. The minimum absolute atomic E-state index is 0.0286. The van der Waals surface area contributed by atoms with Gasteiger partial charge < -0.3 is 13.9 Å². The molecule has 4 aromatic rings. The first-order valence-electron chi connectivity index (χ1n) is 11.4. The lowest BCUT2D eigenvalue weighted by Gasteiger charge is -2.16. The number of rotatable bonds is 7. The van der Waals surface area contributed by atoms with Crippen LogP contribution in [0.5, 0.6) is 0 Å². The number of carbonyl (C=O) groups excluding carboxylic acids is 1. The molecule has 9 heteroatoms. The number of aryl methyl sites for hydroxylation is 1. The molecule has 1 fully saturated rings. The number of nitrogens with zero attached hydrogens (tertiary/aromatic N) is 3. The zero-order valence-corrected chi connectivity index (χ0v) is 20.3. The van der Waals surface area contributed by atoms with Crippen molar-refractivity contribution < 1.29 is 18.7 Å². The maximum absolute atomic E-state index is 13.5. The molecule has 1 atom stereocenters. The van der Waals surface area contributed by atoms with Gasteiger partial charge in [0.2, 0.25) is 5.89 Å². The third kappa shape index (κ3) is 4.87. The van der Waals surface area contributed by atoms with Gasteiger partial charge in [-0.1, -0.05) is 30.0 Å². The zero-order valence-electron chi connectivity index (χ0n) is 19.5. The van der Waals surface area contributed by atoms with Gasteiger partial charge in [0.05, 0.1) is 41.9 Å². The highest BCUT2D eigenvalue weighted by Gasteiger charge is 2.22. The van der Waals surface area contributed by atoms with Crippen LogP contribution in [0.2, 0.25) is 0 Å². The van der Waals surface area contributed by atoms with Gasteiger partial charge in [-0.25, -0.2) is 14.8 Å². The van der Waals surface area contributed by atoms with E-state index in [1.165, 1.54) is 18.9 Å². The quantitative estimate of drug-likeness (QED) is 0.210. The Bertz CT molecular complexity index is 1420. The largest absolute Gasteiger partial charge is 0.465 e. The maximum atomic E-state index is 13.5. The summed E-state index contributed by atoms with van der Waals surface area (Å²) in [7, 11) is 1.32. The summed E-state index contributed by atoms with van der Waals surface area (Å²) < 4.78 is 18.2. The molecule has 0 amide bonds. The molecule has 0 spiro atoms. The van der Waals surface area contributed by atoms with Crippen molar-refractivity contribution in [3.8, 4) is 11.5 Å². The third-order valence-corrected chi connectivity index (χ3v) is 6.99. The van der Waals surface area contributed by atoms with Gasteiger partial charge in [0.1, 0.15) is 5.76 Å². The van der Waals surface area contributed by atoms with E-state index in [0.29, 0.717) is 46.4 Å². The average molecular weight is 492 g/mol. The van der Waals surface area contributed by atoms with Crippen LogP contribution in [0, 0.1) is 6.92 Å². The first-order valence-corrected chi connectivity index (χ1v) is 12.4. The number of hydrogen-bond acceptors (Lipinski definition) is 8. The molecule has 0 aliphatic carbocycles. The molecule has 0 N–H and O–H groups in total. The number of hydrogen-bond donors (Lipinski definition) is 0. The summed E-state index contributed by atoms with van der Waals surface area (Å²) in [4.78, 5) is 34.9. The SMILES string of the molecule is COC(=O)c1ccc2c(=O)n(C[C@H]3CCCO3)c(SCc3nc(-c4ccccc4)oc3C)nc2c1. The molecule has 180 valence electrons. The monoisotopic (exact) mass is 491 g/mol. The van der Waals surface area contributed by atoms with Gasteiger partial charge in [-0.3, -0.25) is 9.36 Å². The highest BCUT2D eigenvalue weighted by Crippen LogP contribution is 2.28. The highest BCUT2D eigenvalue weighted by molar-refractivity contribution is 7.98. The van der Waals surface area contributed by atoms with Crippen LogP contribution in [0.1, 0.15) is 34.7 Å². The second kappa shape index (κ2) is 10.1. The van der Waals surface area contributed by atoms with Crippen molar-refractivity contribution in [1.29, 1.82) is 0 Å². The van der Waals surface area contributed by atoms with Crippen LogP contribution in [0.4, 0.5) is 0 Å². The Balaban J connectivity index is 1.50. The number of esters is 1. The first kappa shape index (κ1) is 23.3. The molecule has 2 aromatic carbocycles. The molecule has 1 saturated heterocycles. The molecule has 35 heavy (non-hydrogen) atoms. The smallest absolute Gasteiger partial charge is 0.337 e. The molecule has 1 aliphatic heterocycles. The number of fused-ring (bicyclic) bond motifs is 1. The second-order valence-corrected chi connectivity index (χ2v) is 9.29. The van der Waals surface area contributed by atoms with Gasteiger partial charge >= 0.3 is 5.97 Å². The third-order valence-electron chi connectivity index (χ3n) is 6.00. The summed E-state index contributed by atoms with van der Waals surface area (Å²) >= 11 is 1.41.